The van der Waals surface area contributed by atoms with Crippen molar-refractivity contribution in [2.75, 3.05) is 0 Å². The summed E-state index contributed by atoms with van der Waals surface area (Å²) in [5.41, 5.74) is 2.66. The Balaban J connectivity index is 1.70. The Labute approximate surface area is 130 Å². The average Bonchev–Trinajstić information content (AvgIpc) is 2.99. The van der Waals surface area contributed by atoms with Crippen LogP contribution in [0.3, 0.4) is 0 Å². The summed E-state index contributed by atoms with van der Waals surface area (Å²) in [7, 11) is 0. The lowest BCUT2D eigenvalue weighted by Gasteiger charge is -2.17. The highest BCUT2D eigenvalue weighted by Gasteiger charge is 2.30. The van der Waals surface area contributed by atoms with Crippen LogP contribution in [-0.4, -0.2) is 20.1 Å². The minimum Gasteiger partial charge on any atom is -0.302 e. The van der Waals surface area contributed by atoms with E-state index in [4.69, 9.17) is 11.6 Å². The van der Waals surface area contributed by atoms with Crippen molar-refractivity contribution in [1.29, 1.82) is 0 Å². The van der Waals surface area contributed by atoms with Crippen LogP contribution in [-0.2, 0) is 19.5 Å². The lowest BCUT2D eigenvalue weighted by Crippen LogP contribution is -2.27. The third-order valence-electron chi connectivity index (χ3n) is 3.88. The highest BCUT2D eigenvalue weighted by Crippen LogP contribution is 2.34. The number of halogens is 1. The van der Waals surface area contributed by atoms with Crippen LogP contribution in [0.2, 0.25) is 0 Å². The van der Waals surface area contributed by atoms with Gasteiger partial charge < -0.3 is 5.32 Å². The minimum absolute atomic E-state index is 0.101. The molecule has 0 fully saturated rings. The molecule has 0 bridgehead atoms. The van der Waals surface area contributed by atoms with Gasteiger partial charge in [-0.1, -0.05) is 38.1 Å². The normalized spacial score (nSPS) is 21.0. The fourth-order valence-electron chi connectivity index (χ4n) is 2.91. The van der Waals surface area contributed by atoms with Gasteiger partial charge in [-0.15, -0.1) is 11.6 Å². The molecule has 0 spiro atoms. The van der Waals surface area contributed by atoms with Gasteiger partial charge in [-0.2, -0.15) is 5.10 Å². The molecule has 112 valence electrons. The molecular formula is C16H21ClN4. The van der Waals surface area contributed by atoms with E-state index in [0.29, 0.717) is 12.5 Å². The second kappa shape index (κ2) is 6.16. The van der Waals surface area contributed by atoms with Crippen LogP contribution in [0.1, 0.15) is 36.8 Å². The van der Waals surface area contributed by atoms with Gasteiger partial charge in [0.25, 0.3) is 0 Å². The van der Waals surface area contributed by atoms with Crippen LogP contribution in [0.25, 0.3) is 0 Å². The molecule has 1 N–H and O–H groups in total. The van der Waals surface area contributed by atoms with Crippen molar-refractivity contribution in [3.63, 3.8) is 0 Å². The number of hydrogen-bond donors (Lipinski definition) is 1. The molecule has 2 aromatic rings. The number of fused-ring (bicyclic) bond motifs is 1. The van der Waals surface area contributed by atoms with E-state index in [1.807, 2.05) is 4.68 Å². The number of nitrogens with zero attached hydrogens (tertiary/aromatic N) is 3. The maximum Gasteiger partial charge on any atom is 0.140 e. The monoisotopic (exact) mass is 304 g/mol. The Morgan fingerprint density at radius 2 is 2.19 bits per heavy atom. The van der Waals surface area contributed by atoms with Gasteiger partial charge in [0.15, 0.2) is 0 Å². The first-order valence-corrected chi connectivity index (χ1v) is 7.90. The number of rotatable bonds is 5. The first kappa shape index (κ1) is 14.5. The van der Waals surface area contributed by atoms with E-state index in [2.05, 4.69) is 53.5 Å². The van der Waals surface area contributed by atoms with Gasteiger partial charge in [-0.05, 0) is 23.5 Å². The maximum atomic E-state index is 6.50. The number of benzene rings is 1. The number of nitrogens with one attached hydrogen (secondary N) is 1. The summed E-state index contributed by atoms with van der Waals surface area (Å²) in [5.74, 6) is 1.52. The highest BCUT2D eigenvalue weighted by molar-refractivity contribution is 6.21. The second-order valence-electron chi connectivity index (χ2n) is 6.03. The van der Waals surface area contributed by atoms with Gasteiger partial charge >= 0.3 is 0 Å². The van der Waals surface area contributed by atoms with Crippen LogP contribution >= 0.6 is 11.6 Å². The molecular weight excluding hydrogens is 284 g/mol. The predicted molar refractivity (Wildman–Crippen MR) is 84.2 cm³/mol. The van der Waals surface area contributed by atoms with Crippen molar-refractivity contribution in [3.8, 4) is 0 Å². The highest BCUT2D eigenvalue weighted by atomic mass is 35.5. The fraction of sp³-hybridized carbons (Fsp3) is 0.500. The van der Waals surface area contributed by atoms with Gasteiger partial charge in [-0.25, -0.2) is 9.67 Å². The molecule has 3 rings (SSSR count). The summed E-state index contributed by atoms with van der Waals surface area (Å²) < 4.78 is 1.97. The SMILES string of the molecule is CC(C)Cn1ncnc1CNC1c2ccccc2CC1Cl. The predicted octanol–water partition coefficient (Wildman–Crippen LogP) is 2.93. The van der Waals surface area contributed by atoms with Crippen molar-refractivity contribution in [2.45, 2.75) is 44.8 Å². The lowest BCUT2D eigenvalue weighted by molar-refractivity contribution is 0.444. The fourth-order valence-corrected chi connectivity index (χ4v) is 3.30. The van der Waals surface area contributed by atoms with Crippen LogP contribution in [0.5, 0.6) is 0 Å². The largest absolute Gasteiger partial charge is 0.302 e. The molecule has 4 nitrogen and oxygen atoms in total. The molecule has 0 amide bonds. The van der Waals surface area contributed by atoms with Crippen molar-refractivity contribution in [2.24, 2.45) is 5.92 Å². The third-order valence-corrected chi connectivity index (χ3v) is 4.29. The molecule has 1 aliphatic carbocycles. The molecule has 0 aliphatic heterocycles. The zero-order valence-corrected chi connectivity index (χ0v) is 13.2. The average molecular weight is 305 g/mol. The smallest absolute Gasteiger partial charge is 0.140 e. The summed E-state index contributed by atoms with van der Waals surface area (Å²) in [5, 5.41) is 7.95. The summed E-state index contributed by atoms with van der Waals surface area (Å²) >= 11 is 6.50. The Morgan fingerprint density at radius 1 is 1.38 bits per heavy atom. The first-order valence-electron chi connectivity index (χ1n) is 7.47. The van der Waals surface area contributed by atoms with Crippen molar-refractivity contribution < 1.29 is 0 Å². The summed E-state index contributed by atoms with van der Waals surface area (Å²) in [4.78, 5) is 4.36. The van der Waals surface area contributed by atoms with E-state index in [0.717, 1.165) is 18.8 Å². The van der Waals surface area contributed by atoms with E-state index in [1.165, 1.54) is 11.1 Å². The standard InChI is InChI=1S/C16H21ClN4/c1-11(2)9-21-15(19-10-20-21)8-18-16-13-6-4-3-5-12(13)7-14(16)17/h3-6,10-11,14,16,18H,7-9H2,1-2H3. The molecule has 21 heavy (non-hydrogen) atoms. The molecule has 1 heterocycles. The van der Waals surface area contributed by atoms with E-state index in [1.54, 1.807) is 6.33 Å². The number of aromatic nitrogens is 3. The summed E-state index contributed by atoms with van der Waals surface area (Å²) in [6.07, 6.45) is 2.55. The number of hydrogen-bond acceptors (Lipinski definition) is 3. The van der Waals surface area contributed by atoms with Crippen molar-refractivity contribution in [1.82, 2.24) is 20.1 Å². The van der Waals surface area contributed by atoms with Gasteiger partial charge in [-0.3, -0.25) is 0 Å². The van der Waals surface area contributed by atoms with Crippen LogP contribution in [0.4, 0.5) is 0 Å². The molecule has 0 saturated carbocycles. The lowest BCUT2D eigenvalue weighted by atomic mass is 10.1. The second-order valence-corrected chi connectivity index (χ2v) is 6.59. The Bertz CT molecular complexity index is 608. The first-order chi connectivity index (χ1) is 10.1. The molecule has 5 heteroatoms. The quantitative estimate of drug-likeness (QED) is 0.864. The topological polar surface area (TPSA) is 42.7 Å². The molecule has 0 radical (unpaired) electrons. The minimum atomic E-state index is 0.101. The Hall–Kier alpha value is -1.39. The van der Waals surface area contributed by atoms with Gasteiger partial charge in [0.05, 0.1) is 11.9 Å². The van der Waals surface area contributed by atoms with E-state index < -0.39 is 0 Å². The molecule has 2 unspecified atom stereocenters. The molecule has 1 aliphatic rings. The molecule has 2 atom stereocenters. The molecule has 1 aromatic carbocycles. The van der Waals surface area contributed by atoms with Crippen LogP contribution in [0.15, 0.2) is 30.6 Å². The number of alkyl halides is 1. The van der Waals surface area contributed by atoms with E-state index >= 15 is 0 Å². The zero-order chi connectivity index (χ0) is 14.8. The van der Waals surface area contributed by atoms with E-state index in [-0.39, 0.29) is 11.4 Å². The van der Waals surface area contributed by atoms with Gasteiger partial charge in [0.1, 0.15) is 12.2 Å². The van der Waals surface area contributed by atoms with Gasteiger partial charge in [0.2, 0.25) is 0 Å². The summed E-state index contributed by atoms with van der Waals surface area (Å²) in [6.45, 7) is 5.94. The zero-order valence-electron chi connectivity index (χ0n) is 12.5. The Kier molecular flexibility index (Phi) is 4.27. The summed E-state index contributed by atoms with van der Waals surface area (Å²) in [6, 6.07) is 8.66. The van der Waals surface area contributed by atoms with Crippen molar-refractivity contribution >= 4 is 11.6 Å². The Morgan fingerprint density at radius 3 is 3.00 bits per heavy atom. The molecule has 0 saturated heterocycles. The van der Waals surface area contributed by atoms with E-state index in [9.17, 15) is 0 Å². The van der Waals surface area contributed by atoms with Gasteiger partial charge in [0, 0.05) is 12.6 Å². The maximum absolute atomic E-state index is 6.50. The molecule has 1 aromatic heterocycles. The van der Waals surface area contributed by atoms with Crippen LogP contribution < -0.4 is 5.32 Å². The van der Waals surface area contributed by atoms with Crippen molar-refractivity contribution in [3.05, 3.63) is 47.5 Å². The third kappa shape index (κ3) is 3.11. The van der Waals surface area contributed by atoms with Crippen LogP contribution in [0, 0.1) is 5.92 Å².